The highest BCUT2D eigenvalue weighted by molar-refractivity contribution is 6.49. The maximum atomic E-state index is 12.7. The first-order chi connectivity index (χ1) is 11.1. The maximum absolute atomic E-state index is 12.7. The van der Waals surface area contributed by atoms with Crippen molar-refractivity contribution < 1.29 is 14.3 Å². The Bertz CT molecular complexity index is 681. The summed E-state index contributed by atoms with van der Waals surface area (Å²) in [4.78, 5) is 22.8. The molecule has 0 heterocycles. The number of rotatable bonds is 4. The molecule has 0 amide bonds. The van der Waals surface area contributed by atoms with Crippen LogP contribution in [0.1, 0.15) is 55.4 Å². The highest BCUT2D eigenvalue weighted by atomic mass is 35.5. The standard InChI is InChI=1S/C20H28Cl2O3/c1-11(2)9-13-14(17(13,5)6)15(23)25-16(24)20(22)18(7,8)19(20,21)10-12(3)4/h9-10,13-14H,1-8H3. The Morgan fingerprint density at radius 2 is 1.48 bits per heavy atom. The second-order valence-electron chi connectivity index (χ2n) is 8.99. The Labute approximate surface area is 160 Å². The van der Waals surface area contributed by atoms with E-state index in [1.54, 1.807) is 6.08 Å². The van der Waals surface area contributed by atoms with Crippen molar-refractivity contribution in [2.45, 2.75) is 65.1 Å². The smallest absolute Gasteiger partial charge is 0.337 e. The van der Waals surface area contributed by atoms with Crippen LogP contribution in [0, 0.1) is 22.7 Å². The number of ether oxygens (including phenoxy) is 1. The van der Waals surface area contributed by atoms with Crippen LogP contribution >= 0.6 is 23.2 Å². The van der Waals surface area contributed by atoms with E-state index in [0.717, 1.165) is 11.1 Å². The molecule has 2 fully saturated rings. The molecule has 4 atom stereocenters. The predicted molar refractivity (Wildman–Crippen MR) is 102 cm³/mol. The maximum Gasteiger partial charge on any atom is 0.337 e. The Morgan fingerprint density at radius 3 is 1.92 bits per heavy atom. The van der Waals surface area contributed by atoms with Gasteiger partial charge in [-0.25, -0.2) is 4.79 Å². The molecule has 0 spiro atoms. The molecule has 0 radical (unpaired) electrons. The van der Waals surface area contributed by atoms with Crippen molar-refractivity contribution in [1.29, 1.82) is 0 Å². The highest BCUT2D eigenvalue weighted by Crippen LogP contribution is 2.74. The van der Waals surface area contributed by atoms with Gasteiger partial charge in [-0.05, 0) is 39.0 Å². The van der Waals surface area contributed by atoms with Gasteiger partial charge in [0.05, 0.1) is 5.92 Å². The molecule has 140 valence electrons. The van der Waals surface area contributed by atoms with Crippen molar-refractivity contribution >= 4 is 35.1 Å². The van der Waals surface area contributed by atoms with Crippen LogP contribution in [-0.2, 0) is 14.3 Å². The Morgan fingerprint density at radius 1 is 0.960 bits per heavy atom. The normalized spacial score (nSPS) is 36.9. The fraction of sp³-hybridized carbons (Fsp3) is 0.700. The molecule has 2 aliphatic rings. The molecule has 2 aliphatic carbocycles. The van der Waals surface area contributed by atoms with Crippen molar-refractivity contribution in [3.63, 3.8) is 0 Å². The lowest BCUT2D eigenvalue weighted by Crippen LogP contribution is -2.31. The van der Waals surface area contributed by atoms with E-state index in [0.29, 0.717) is 0 Å². The monoisotopic (exact) mass is 386 g/mol. The minimum Gasteiger partial charge on any atom is -0.392 e. The molecule has 5 heteroatoms. The summed E-state index contributed by atoms with van der Waals surface area (Å²) in [6.45, 7) is 15.4. The van der Waals surface area contributed by atoms with E-state index in [1.807, 2.05) is 55.4 Å². The number of hydrogen-bond acceptors (Lipinski definition) is 3. The zero-order chi connectivity index (χ0) is 19.6. The van der Waals surface area contributed by atoms with E-state index >= 15 is 0 Å². The molecule has 0 aliphatic heterocycles. The first-order valence-electron chi connectivity index (χ1n) is 8.59. The summed E-state index contributed by atoms with van der Waals surface area (Å²) in [6, 6.07) is 0. The molecule has 3 nitrogen and oxygen atoms in total. The number of alkyl halides is 2. The van der Waals surface area contributed by atoms with E-state index in [4.69, 9.17) is 27.9 Å². The largest absolute Gasteiger partial charge is 0.392 e. The first kappa shape index (κ1) is 20.5. The Balaban J connectivity index is 2.17. The number of carbonyl (C=O) groups excluding carboxylic acids is 2. The molecule has 0 aromatic carbocycles. The summed E-state index contributed by atoms with van der Waals surface area (Å²) in [5, 5.41) is 0. The fourth-order valence-corrected chi connectivity index (χ4v) is 5.01. The van der Waals surface area contributed by atoms with Gasteiger partial charge in [0.15, 0.2) is 4.87 Å². The van der Waals surface area contributed by atoms with Gasteiger partial charge in [0.1, 0.15) is 4.87 Å². The third-order valence-corrected chi connectivity index (χ3v) is 7.74. The van der Waals surface area contributed by atoms with Crippen LogP contribution in [0.3, 0.4) is 0 Å². The van der Waals surface area contributed by atoms with Gasteiger partial charge in [0.25, 0.3) is 0 Å². The van der Waals surface area contributed by atoms with E-state index in [-0.39, 0.29) is 17.3 Å². The second kappa shape index (κ2) is 5.85. The van der Waals surface area contributed by atoms with Crippen LogP contribution in [0.15, 0.2) is 23.3 Å². The molecule has 25 heavy (non-hydrogen) atoms. The van der Waals surface area contributed by atoms with E-state index in [9.17, 15) is 9.59 Å². The minimum atomic E-state index is -1.44. The SMILES string of the molecule is CC(C)=CC1C(C(=O)OC(=O)C2(Cl)C(C)(C)C2(Cl)C=C(C)C)C1(C)C. The average molecular weight is 387 g/mol. The van der Waals surface area contributed by atoms with Gasteiger partial charge >= 0.3 is 11.9 Å². The van der Waals surface area contributed by atoms with Crippen molar-refractivity contribution in [3.8, 4) is 0 Å². The van der Waals surface area contributed by atoms with Crippen molar-refractivity contribution in [2.75, 3.05) is 0 Å². The van der Waals surface area contributed by atoms with Crippen LogP contribution in [0.25, 0.3) is 0 Å². The molecule has 0 aromatic rings. The lowest BCUT2D eigenvalue weighted by atomic mass is 10.1. The van der Waals surface area contributed by atoms with Crippen molar-refractivity contribution in [2.24, 2.45) is 22.7 Å². The number of esters is 2. The Kier molecular flexibility index (Phi) is 4.80. The zero-order valence-corrected chi connectivity index (χ0v) is 17.8. The van der Waals surface area contributed by atoms with Gasteiger partial charge in [0.2, 0.25) is 0 Å². The van der Waals surface area contributed by atoms with Crippen molar-refractivity contribution in [1.82, 2.24) is 0 Å². The van der Waals surface area contributed by atoms with Crippen molar-refractivity contribution in [3.05, 3.63) is 23.3 Å². The topological polar surface area (TPSA) is 43.4 Å². The molecule has 0 aromatic heterocycles. The van der Waals surface area contributed by atoms with Gasteiger partial charge in [-0.3, -0.25) is 4.79 Å². The van der Waals surface area contributed by atoms with Crippen LogP contribution in [0.5, 0.6) is 0 Å². The Hall–Kier alpha value is -0.800. The minimum absolute atomic E-state index is 0.0785. The average Bonchev–Trinajstić information content (AvgIpc) is 3.07. The third kappa shape index (κ3) is 2.78. The summed E-state index contributed by atoms with van der Waals surface area (Å²) >= 11 is 13.2. The summed E-state index contributed by atoms with van der Waals surface area (Å²) in [5.74, 6) is -1.52. The number of carbonyl (C=O) groups is 2. The number of halogens is 2. The lowest BCUT2D eigenvalue weighted by molar-refractivity contribution is -0.162. The van der Waals surface area contributed by atoms with E-state index < -0.39 is 27.1 Å². The molecule has 0 bridgehead atoms. The van der Waals surface area contributed by atoms with Gasteiger partial charge < -0.3 is 4.74 Å². The summed E-state index contributed by atoms with van der Waals surface area (Å²) in [5.41, 5.74) is 1.17. The quantitative estimate of drug-likeness (QED) is 0.286. The molecule has 0 N–H and O–H groups in total. The lowest BCUT2D eigenvalue weighted by Gasteiger charge is -2.11. The summed E-state index contributed by atoms with van der Waals surface area (Å²) < 4.78 is 5.21. The zero-order valence-electron chi connectivity index (χ0n) is 16.3. The van der Waals surface area contributed by atoms with Crippen LogP contribution in [0.4, 0.5) is 0 Å². The fourth-order valence-electron chi connectivity index (χ4n) is 3.91. The van der Waals surface area contributed by atoms with Crippen LogP contribution in [-0.4, -0.2) is 21.7 Å². The third-order valence-electron chi connectivity index (χ3n) is 5.85. The van der Waals surface area contributed by atoms with Gasteiger partial charge in [-0.15, -0.1) is 23.2 Å². The van der Waals surface area contributed by atoms with Crippen LogP contribution in [0.2, 0.25) is 0 Å². The second-order valence-corrected chi connectivity index (χ2v) is 10.2. The molecular weight excluding hydrogens is 359 g/mol. The molecule has 0 saturated heterocycles. The van der Waals surface area contributed by atoms with Crippen LogP contribution < -0.4 is 0 Å². The predicted octanol–water partition coefficient (Wildman–Crippen LogP) is 5.26. The highest BCUT2D eigenvalue weighted by Gasteiger charge is 2.86. The summed E-state index contributed by atoms with van der Waals surface area (Å²) in [6.07, 6.45) is 3.84. The molecule has 4 unspecified atom stereocenters. The van der Waals surface area contributed by atoms with Gasteiger partial charge in [-0.1, -0.05) is 51.0 Å². The number of hydrogen-bond donors (Lipinski definition) is 0. The molecule has 2 rings (SSSR count). The van der Waals surface area contributed by atoms with Gasteiger partial charge in [-0.2, -0.15) is 0 Å². The molecular formula is C20H28Cl2O3. The van der Waals surface area contributed by atoms with E-state index in [1.165, 1.54) is 0 Å². The van der Waals surface area contributed by atoms with Gasteiger partial charge in [0, 0.05) is 5.41 Å². The summed E-state index contributed by atoms with van der Waals surface area (Å²) in [7, 11) is 0. The first-order valence-corrected chi connectivity index (χ1v) is 9.35. The molecule has 2 saturated carbocycles. The number of allylic oxidation sites excluding steroid dienone is 4. The van der Waals surface area contributed by atoms with E-state index in [2.05, 4.69) is 6.08 Å².